The summed E-state index contributed by atoms with van der Waals surface area (Å²) in [6.07, 6.45) is -6.63. The highest BCUT2D eigenvalue weighted by Crippen LogP contribution is 2.33. The molecule has 1 heterocycles. The zero-order valence-electron chi connectivity index (χ0n) is 27.1. The molecule has 0 spiro atoms. The molecule has 2 unspecified atom stereocenters. The van der Waals surface area contributed by atoms with Gasteiger partial charge in [-0.3, -0.25) is 0 Å². The molecule has 0 saturated heterocycles. The van der Waals surface area contributed by atoms with Crippen LogP contribution in [-0.2, 0) is 22.4 Å². The van der Waals surface area contributed by atoms with E-state index in [9.17, 15) is 28.0 Å². The Bertz CT molecular complexity index is 1240. The number of hydrogen-bond acceptors (Lipinski definition) is 10. The van der Waals surface area contributed by atoms with Crippen molar-refractivity contribution in [2.75, 3.05) is 50.9 Å². The molecule has 0 aromatic heterocycles. The first-order valence-corrected chi connectivity index (χ1v) is 15.2. The predicted octanol–water partition coefficient (Wildman–Crippen LogP) is 3.39. The number of carboxylic acid groups (broad SMARTS) is 2. The van der Waals surface area contributed by atoms with Crippen molar-refractivity contribution in [3.05, 3.63) is 53.1 Å². The van der Waals surface area contributed by atoms with E-state index in [1.165, 1.54) is 11.6 Å². The van der Waals surface area contributed by atoms with Crippen LogP contribution in [0.25, 0.3) is 0 Å². The lowest BCUT2D eigenvalue weighted by molar-refractivity contribution is -0.165. The number of fused-ring (bicyclic) bond motifs is 1. The molecule has 264 valence electrons. The minimum atomic E-state index is -4.41. The predicted molar refractivity (Wildman–Crippen MR) is 169 cm³/mol. The molecule has 3 rings (SSSR count). The Labute approximate surface area is 273 Å². The number of carbonyl (C=O) groups is 2. The minimum absolute atomic E-state index is 0.0602. The molecule has 0 fully saturated rings. The number of ether oxygens (including phenoxy) is 2. The molecule has 6 N–H and O–H groups in total. The van der Waals surface area contributed by atoms with Crippen molar-refractivity contribution >= 4 is 17.6 Å². The number of benzene rings is 2. The van der Waals surface area contributed by atoms with Gasteiger partial charge in [0, 0.05) is 26.2 Å². The zero-order valence-corrected chi connectivity index (χ0v) is 27.1. The van der Waals surface area contributed by atoms with Gasteiger partial charge in [0.25, 0.3) is 0 Å². The van der Waals surface area contributed by atoms with Gasteiger partial charge in [0.2, 0.25) is 0 Å². The fourth-order valence-electron chi connectivity index (χ4n) is 4.12. The van der Waals surface area contributed by atoms with Gasteiger partial charge >= 0.3 is 18.1 Å². The van der Waals surface area contributed by atoms with Crippen LogP contribution >= 0.6 is 0 Å². The molecule has 12 nitrogen and oxygen atoms in total. The van der Waals surface area contributed by atoms with Crippen molar-refractivity contribution in [2.24, 2.45) is 0 Å². The van der Waals surface area contributed by atoms with Gasteiger partial charge in [-0.2, -0.15) is 18.4 Å². The highest BCUT2D eigenvalue weighted by atomic mass is 19.4. The first-order chi connectivity index (χ1) is 22.4. The summed E-state index contributed by atoms with van der Waals surface area (Å²) >= 11 is 0. The molecule has 0 aliphatic carbocycles. The van der Waals surface area contributed by atoms with Crippen molar-refractivity contribution < 1.29 is 57.8 Å². The van der Waals surface area contributed by atoms with E-state index in [0.717, 1.165) is 37.2 Å². The van der Waals surface area contributed by atoms with E-state index in [0.29, 0.717) is 25.1 Å². The summed E-state index contributed by atoms with van der Waals surface area (Å²) < 4.78 is 47.6. The SMILES string of the molecule is CC.CC.N#Cc1cc(CCNCCOc2ccccc2OCC(F)(F)F)cc2c1N(CCCO)CC2.O=C(O)C(O)C(O)C(=O)O. The molecular weight excluding hydrogens is 627 g/mol. The van der Waals surface area contributed by atoms with Crippen LogP contribution in [0.1, 0.15) is 50.8 Å². The van der Waals surface area contributed by atoms with Crippen molar-refractivity contribution in [1.82, 2.24) is 5.32 Å². The Morgan fingerprint density at radius 2 is 1.57 bits per heavy atom. The summed E-state index contributed by atoms with van der Waals surface area (Å²) in [7, 11) is 0. The molecule has 0 saturated carbocycles. The average molecular weight is 674 g/mol. The zero-order chi connectivity index (χ0) is 36.0. The molecular formula is C32H46F3N3O9. The summed E-state index contributed by atoms with van der Waals surface area (Å²) in [4.78, 5) is 21.7. The second kappa shape index (κ2) is 23.3. The third kappa shape index (κ3) is 15.8. The van der Waals surface area contributed by atoms with Crippen LogP contribution in [0.3, 0.4) is 0 Å². The smallest absolute Gasteiger partial charge is 0.422 e. The lowest BCUT2D eigenvalue weighted by Crippen LogP contribution is -2.39. The molecule has 0 amide bonds. The third-order valence-corrected chi connectivity index (χ3v) is 6.09. The van der Waals surface area contributed by atoms with Gasteiger partial charge in [0.1, 0.15) is 12.7 Å². The molecule has 2 atom stereocenters. The largest absolute Gasteiger partial charge is 0.488 e. The third-order valence-electron chi connectivity index (χ3n) is 6.09. The van der Waals surface area contributed by atoms with Crippen LogP contribution in [-0.4, -0.2) is 102 Å². The first kappa shape index (κ1) is 42.9. The summed E-state index contributed by atoms with van der Waals surface area (Å²) in [6, 6.07) is 12.6. The van der Waals surface area contributed by atoms with Gasteiger partial charge < -0.3 is 45.2 Å². The maximum absolute atomic E-state index is 12.4. The normalized spacial score (nSPS) is 12.7. The molecule has 15 heteroatoms. The van der Waals surface area contributed by atoms with E-state index in [4.69, 9.17) is 35.0 Å². The highest BCUT2D eigenvalue weighted by Gasteiger charge is 2.30. The molecule has 47 heavy (non-hydrogen) atoms. The first-order valence-electron chi connectivity index (χ1n) is 15.2. The number of halogens is 3. The standard InChI is InChI=1S/C24H28F3N3O3.C4H6O6.2C2H6/c25-24(26,27)17-33-22-5-2-1-4-21(22)32-13-9-29-8-6-18-14-19-7-11-30(10-3-12-31)23(19)20(15-18)16-28;5-1(3(7)8)2(6)4(9)10;2*1-2/h1-2,4-5,14-15,29,31H,3,6-13,17H2;1-2,5-6H,(H,7,8)(H,9,10);2*1-2H3. The number of para-hydroxylation sites is 2. The van der Waals surface area contributed by atoms with Crippen LogP contribution in [0.4, 0.5) is 18.9 Å². The summed E-state index contributed by atoms with van der Waals surface area (Å²) in [5, 5.41) is 54.5. The number of aliphatic hydroxyl groups excluding tert-OH is 3. The second-order valence-electron chi connectivity index (χ2n) is 9.34. The van der Waals surface area contributed by atoms with E-state index in [-0.39, 0.29) is 24.7 Å². The Balaban J connectivity index is 0.00000128. The Morgan fingerprint density at radius 3 is 2.09 bits per heavy atom. The fourth-order valence-corrected chi connectivity index (χ4v) is 4.12. The van der Waals surface area contributed by atoms with E-state index in [1.807, 2.05) is 33.8 Å². The number of nitrogens with one attached hydrogen (secondary N) is 1. The number of rotatable bonds is 15. The average Bonchev–Trinajstić information content (AvgIpc) is 3.48. The quantitative estimate of drug-likeness (QED) is 0.151. The molecule has 0 radical (unpaired) electrons. The van der Waals surface area contributed by atoms with E-state index < -0.39 is 36.9 Å². The van der Waals surface area contributed by atoms with E-state index in [2.05, 4.69) is 22.4 Å². The number of nitriles is 1. The summed E-state index contributed by atoms with van der Waals surface area (Å²) in [6.45, 7) is 9.83. The van der Waals surface area contributed by atoms with Crippen molar-refractivity contribution in [3.63, 3.8) is 0 Å². The molecule has 1 aliphatic rings. The van der Waals surface area contributed by atoms with Gasteiger partial charge in [-0.15, -0.1) is 0 Å². The lowest BCUT2D eigenvalue weighted by Gasteiger charge is -2.20. The van der Waals surface area contributed by atoms with Crippen LogP contribution in [0.5, 0.6) is 11.5 Å². The molecule has 0 bridgehead atoms. The highest BCUT2D eigenvalue weighted by molar-refractivity contribution is 5.83. The maximum Gasteiger partial charge on any atom is 0.422 e. The molecule has 2 aromatic rings. The number of anilines is 1. The topological polar surface area (TPSA) is 193 Å². The Kier molecular flexibility index (Phi) is 21.2. The van der Waals surface area contributed by atoms with Crippen molar-refractivity contribution in [3.8, 4) is 17.6 Å². The summed E-state index contributed by atoms with van der Waals surface area (Å²) in [5.41, 5.74) is 3.90. The monoisotopic (exact) mass is 673 g/mol. The number of aliphatic hydroxyl groups is 3. The van der Waals surface area contributed by atoms with Crippen molar-refractivity contribution in [2.45, 2.75) is 65.3 Å². The van der Waals surface area contributed by atoms with Gasteiger partial charge in [-0.1, -0.05) is 45.9 Å². The number of alkyl halides is 3. The summed E-state index contributed by atoms with van der Waals surface area (Å²) in [5.74, 6) is -3.21. The number of aliphatic carboxylic acids is 2. The van der Waals surface area contributed by atoms with Crippen LogP contribution < -0.4 is 19.7 Å². The van der Waals surface area contributed by atoms with Crippen molar-refractivity contribution in [1.29, 1.82) is 5.26 Å². The second-order valence-corrected chi connectivity index (χ2v) is 9.34. The van der Waals surface area contributed by atoms with Gasteiger partial charge in [0.05, 0.1) is 11.3 Å². The van der Waals surface area contributed by atoms with Crippen LogP contribution in [0, 0.1) is 11.3 Å². The Hall–Kier alpha value is -4.10. The molecule has 2 aromatic carbocycles. The number of nitrogens with zero attached hydrogens (tertiary/aromatic N) is 2. The maximum atomic E-state index is 12.4. The number of carboxylic acids is 2. The van der Waals surface area contributed by atoms with Gasteiger partial charge in [-0.05, 0) is 55.1 Å². The van der Waals surface area contributed by atoms with Gasteiger partial charge in [0.15, 0.2) is 30.3 Å². The van der Waals surface area contributed by atoms with Crippen LogP contribution in [0.2, 0.25) is 0 Å². The fraction of sp³-hybridized carbons (Fsp3) is 0.531. The minimum Gasteiger partial charge on any atom is -0.488 e. The van der Waals surface area contributed by atoms with E-state index in [1.54, 1.807) is 18.2 Å². The lowest BCUT2D eigenvalue weighted by atomic mass is 10.0. The number of hydrogen-bond donors (Lipinski definition) is 6. The van der Waals surface area contributed by atoms with Crippen LogP contribution in [0.15, 0.2) is 36.4 Å². The Morgan fingerprint density at radius 1 is 1.00 bits per heavy atom. The molecule has 1 aliphatic heterocycles. The van der Waals surface area contributed by atoms with Gasteiger partial charge in [-0.25, -0.2) is 9.59 Å². The van der Waals surface area contributed by atoms with E-state index >= 15 is 0 Å².